The Morgan fingerprint density at radius 1 is 1.37 bits per heavy atom. The van der Waals surface area contributed by atoms with Crippen LogP contribution in [0.25, 0.3) is 0 Å². The van der Waals surface area contributed by atoms with E-state index in [9.17, 15) is 4.79 Å². The Balaban J connectivity index is 2.05. The van der Waals surface area contributed by atoms with Crippen LogP contribution >= 0.6 is 15.9 Å². The fourth-order valence-corrected chi connectivity index (χ4v) is 2.02. The second-order valence-corrected chi connectivity index (χ2v) is 4.81. The first-order valence-electron chi connectivity index (χ1n) is 5.72. The molecule has 5 heteroatoms. The summed E-state index contributed by atoms with van der Waals surface area (Å²) in [7, 11) is 1.59. The molecule has 1 N–H and O–H groups in total. The van der Waals surface area contributed by atoms with Crippen LogP contribution in [-0.4, -0.2) is 18.0 Å². The van der Waals surface area contributed by atoms with Gasteiger partial charge in [0, 0.05) is 16.2 Å². The van der Waals surface area contributed by atoms with E-state index in [1.807, 2.05) is 24.3 Å². The molecule has 0 saturated carbocycles. The first-order valence-corrected chi connectivity index (χ1v) is 6.51. The first kappa shape index (κ1) is 13.5. The number of benzene rings is 1. The number of anilines is 1. The van der Waals surface area contributed by atoms with Crippen LogP contribution in [0.15, 0.2) is 47.1 Å². The van der Waals surface area contributed by atoms with E-state index < -0.39 is 0 Å². The minimum atomic E-state index is -0.130. The molecule has 0 atom stereocenters. The zero-order valence-electron chi connectivity index (χ0n) is 10.4. The predicted octanol–water partition coefficient (Wildman–Crippen LogP) is 3.03. The lowest BCUT2D eigenvalue weighted by atomic mass is 10.1. The minimum Gasteiger partial charge on any atom is -0.496 e. The van der Waals surface area contributed by atoms with Gasteiger partial charge in [-0.3, -0.25) is 4.79 Å². The number of rotatable bonds is 4. The zero-order valence-corrected chi connectivity index (χ0v) is 12.0. The van der Waals surface area contributed by atoms with Gasteiger partial charge in [0.25, 0.3) is 0 Å². The third kappa shape index (κ3) is 3.79. The average Bonchev–Trinajstić information content (AvgIpc) is 2.39. The molecule has 0 aliphatic rings. The van der Waals surface area contributed by atoms with E-state index in [4.69, 9.17) is 4.74 Å². The van der Waals surface area contributed by atoms with Crippen molar-refractivity contribution < 1.29 is 9.53 Å². The average molecular weight is 321 g/mol. The van der Waals surface area contributed by atoms with Gasteiger partial charge in [0.2, 0.25) is 5.91 Å². The summed E-state index contributed by atoms with van der Waals surface area (Å²) in [6.45, 7) is 0. The lowest BCUT2D eigenvalue weighted by Crippen LogP contribution is -2.15. The number of pyridine rings is 1. The SMILES string of the molecule is COc1ccccc1CC(=O)Nc1cc(Br)ccn1. The maximum atomic E-state index is 11.9. The molecule has 0 bridgehead atoms. The number of methoxy groups -OCH3 is 1. The van der Waals surface area contributed by atoms with Gasteiger partial charge in [0.05, 0.1) is 13.5 Å². The second kappa shape index (κ2) is 6.33. The highest BCUT2D eigenvalue weighted by Gasteiger charge is 2.09. The zero-order chi connectivity index (χ0) is 13.7. The van der Waals surface area contributed by atoms with Crippen LogP contribution in [0, 0.1) is 0 Å². The molecule has 0 fully saturated rings. The summed E-state index contributed by atoms with van der Waals surface area (Å²) < 4.78 is 6.08. The van der Waals surface area contributed by atoms with Gasteiger partial charge < -0.3 is 10.1 Å². The van der Waals surface area contributed by atoms with Crippen molar-refractivity contribution in [2.45, 2.75) is 6.42 Å². The molecule has 0 radical (unpaired) electrons. The van der Waals surface area contributed by atoms with Gasteiger partial charge in [-0.1, -0.05) is 34.1 Å². The van der Waals surface area contributed by atoms with Crippen molar-refractivity contribution >= 4 is 27.7 Å². The molecular weight excluding hydrogens is 308 g/mol. The number of hydrogen-bond acceptors (Lipinski definition) is 3. The van der Waals surface area contributed by atoms with Gasteiger partial charge >= 0.3 is 0 Å². The largest absolute Gasteiger partial charge is 0.496 e. The van der Waals surface area contributed by atoms with E-state index in [1.54, 1.807) is 25.4 Å². The van der Waals surface area contributed by atoms with Crippen LogP contribution in [-0.2, 0) is 11.2 Å². The monoisotopic (exact) mass is 320 g/mol. The molecule has 2 rings (SSSR count). The van der Waals surface area contributed by atoms with Gasteiger partial charge in [-0.05, 0) is 18.2 Å². The number of nitrogens with zero attached hydrogens (tertiary/aromatic N) is 1. The summed E-state index contributed by atoms with van der Waals surface area (Å²) in [5.74, 6) is 1.10. The van der Waals surface area contributed by atoms with Gasteiger partial charge in [-0.2, -0.15) is 0 Å². The fourth-order valence-electron chi connectivity index (χ4n) is 1.68. The molecule has 1 heterocycles. The Kier molecular flexibility index (Phi) is 4.52. The Bertz CT molecular complexity index is 587. The molecule has 0 saturated heterocycles. The number of carbonyl (C=O) groups excluding carboxylic acids is 1. The maximum absolute atomic E-state index is 11.9. The highest BCUT2D eigenvalue weighted by Crippen LogP contribution is 2.18. The topological polar surface area (TPSA) is 51.2 Å². The van der Waals surface area contributed by atoms with Crippen molar-refractivity contribution in [2.75, 3.05) is 12.4 Å². The Morgan fingerprint density at radius 3 is 2.89 bits per heavy atom. The molecule has 1 amide bonds. The van der Waals surface area contributed by atoms with Crippen LogP contribution in [0.2, 0.25) is 0 Å². The van der Waals surface area contributed by atoms with Gasteiger partial charge in [-0.25, -0.2) is 4.98 Å². The molecule has 2 aromatic rings. The number of para-hydroxylation sites is 1. The van der Waals surface area contributed by atoms with E-state index in [0.717, 1.165) is 10.0 Å². The van der Waals surface area contributed by atoms with Crippen molar-refractivity contribution in [2.24, 2.45) is 0 Å². The summed E-state index contributed by atoms with van der Waals surface area (Å²) in [6.07, 6.45) is 1.88. The number of hydrogen-bond donors (Lipinski definition) is 1. The van der Waals surface area contributed by atoms with Crippen LogP contribution in [0.3, 0.4) is 0 Å². The van der Waals surface area contributed by atoms with Crippen molar-refractivity contribution in [3.05, 3.63) is 52.6 Å². The Morgan fingerprint density at radius 2 is 2.16 bits per heavy atom. The smallest absolute Gasteiger partial charge is 0.230 e. The van der Waals surface area contributed by atoms with E-state index in [1.165, 1.54) is 0 Å². The summed E-state index contributed by atoms with van der Waals surface area (Å²) >= 11 is 3.33. The minimum absolute atomic E-state index is 0.130. The molecule has 1 aromatic heterocycles. The molecule has 1 aromatic carbocycles. The van der Waals surface area contributed by atoms with E-state index in [2.05, 4.69) is 26.2 Å². The molecule has 0 aliphatic heterocycles. The third-order valence-electron chi connectivity index (χ3n) is 2.53. The van der Waals surface area contributed by atoms with Crippen molar-refractivity contribution in [3.63, 3.8) is 0 Å². The maximum Gasteiger partial charge on any atom is 0.230 e. The second-order valence-electron chi connectivity index (χ2n) is 3.90. The van der Waals surface area contributed by atoms with E-state index >= 15 is 0 Å². The highest BCUT2D eigenvalue weighted by atomic mass is 79.9. The van der Waals surface area contributed by atoms with Crippen LogP contribution in [0.1, 0.15) is 5.56 Å². The van der Waals surface area contributed by atoms with Crippen molar-refractivity contribution in [1.82, 2.24) is 4.98 Å². The summed E-state index contributed by atoms with van der Waals surface area (Å²) in [4.78, 5) is 16.0. The lowest BCUT2D eigenvalue weighted by molar-refractivity contribution is -0.115. The number of halogens is 1. The van der Waals surface area contributed by atoms with Crippen molar-refractivity contribution in [1.29, 1.82) is 0 Å². The van der Waals surface area contributed by atoms with Crippen LogP contribution in [0.4, 0.5) is 5.82 Å². The van der Waals surface area contributed by atoms with E-state index in [-0.39, 0.29) is 12.3 Å². The Labute approximate surface area is 119 Å². The van der Waals surface area contributed by atoms with Crippen LogP contribution in [0.5, 0.6) is 5.75 Å². The van der Waals surface area contributed by atoms with Gasteiger partial charge in [0.1, 0.15) is 11.6 Å². The lowest BCUT2D eigenvalue weighted by Gasteiger charge is -2.08. The number of carbonyl (C=O) groups is 1. The molecule has 4 nitrogen and oxygen atoms in total. The number of nitrogens with one attached hydrogen (secondary N) is 1. The fraction of sp³-hybridized carbons (Fsp3) is 0.143. The number of ether oxygens (including phenoxy) is 1. The predicted molar refractivity (Wildman–Crippen MR) is 77.3 cm³/mol. The molecule has 0 unspecified atom stereocenters. The number of aromatic nitrogens is 1. The third-order valence-corrected chi connectivity index (χ3v) is 3.03. The van der Waals surface area contributed by atoms with Gasteiger partial charge in [-0.15, -0.1) is 0 Å². The molecule has 19 heavy (non-hydrogen) atoms. The molecule has 0 aliphatic carbocycles. The number of amides is 1. The normalized spacial score (nSPS) is 10.0. The summed E-state index contributed by atoms with van der Waals surface area (Å²) in [5, 5.41) is 2.75. The highest BCUT2D eigenvalue weighted by molar-refractivity contribution is 9.10. The first-order chi connectivity index (χ1) is 9.19. The molecule has 0 spiro atoms. The standard InChI is InChI=1S/C14H13BrN2O2/c1-19-12-5-3-2-4-10(12)8-14(18)17-13-9-11(15)6-7-16-13/h2-7,9H,8H2,1H3,(H,16,17,18). The summed E-state index contributed by atoms with van der Waals surface area (Å²) in [5.41, 5.74) is 0.845. The summed E-state index contributed by atoms with van der Waals surface area (Å²) in [6, 6.07) is 11.0. The quantitative estimate of drug-likeness (QED) is 0.942. The Hall–Kier alpha value is -1.88. The molecular formula is C14H13BrN2O2. The van der Waals surface area contributed by atoms with E-state index in [0.29, 0.717) is 11.6 Å². The van der Waals surface area contributed by atoms with Gasteiger partial charge in [0.15, 0.2) is 0 Å². The van der Waals surface area contributed by atoms with Crippen molar-refractivity contribution in [3.8, 4) is 5.75 Å². The molecule has 98 valence electrons. The van der Waals surface area contributed by atoms with Crippen LogP contribution < -0.4 is 10.1 Å².